The highest BCUT2D eigenvalue weighted by Crippen LogP contribution is 2.13. The van der Waals surface area contributed by atoms with E-state index in [1.54, 1.807) is 30.3 Å². The zero-order valence-corrected chi connectivity index (χ0v) is 10.0. The summed E-state index contributed by atoms with van der Waals surface area (Å²) in [5.74, 6) is 0.870. The molecule has 3 aromatic rings. The van der Waals surface area contributed by atoms with Crippen molar-refractivity contribution in [1.82, 2.24) is 14.6 Å². The van der Waals surface area contributed by atoms with Crippen LogP contribution in [0.3, 0.4) is 0 Å². The number of carbonyl (C=O) groups excluding carboxylic acids is 1. The Kier molecular flexibility index (Phi) is 2.72. The molecular weight excluding hydrogens is 242 g/mol. The highest BCUT2D eigenvalue weighted by atomic mass is 16.3. The van der Waals surface area contributed by atoms with Gasteiger partial charge in [-0.3, -0.25) is 4.79 Å². The van der Waals surface area contributed by atoms with Crippen LogP contribution >= 0.6 is 0 Å². The lowest BCUT2D eigenvalue weighted by molar-refractivity contribution is 0.111. The van der Waals surface area contributed by atoms with Gasteiger partial charge in [0, 0.05) is 6.42 Å². The molecule has 5 nitrogen and oxygen atoms in total. The van der Waals surface area contributed by atoms with E-state index >= 15 is 0 Å². The van der Waals surface area contributed by atoms with Crippen LogP contribution in [0.25, 0.3) is 5.65 Å². The van der Waals surface area contributed by atoms with Crippen LogP contribution in [0.4, 0.5) is 0 Å². The highest BCUT2D eigenvalue weighted by Gasteiger charge is 2.07. The van der Waals surface area contributed by atoms with Crippen LogP contribution in [-0.4, -0.2) is 26.0 Å². The first kappa shape index (κ1) is 11.4. The summed E-state index contributed by atoms with van der Waals surface area (Å²) in [5, 5.41) is 13.5. The Morgan fingerprint density at radius 3 is 2.68 bits per heavy atom. The summed E-state index contributed by atoms with van der Waals surface area (Å²) in [6, 6.07) is 12.2. The van der Waals surface area contributed by atoms with Gasteiger partial charge in [0.05, 0.1) is 0 Å². The smallest absolute Gasteiger partial charge is 0.168 e. The van der Waals surface area contributed by atoms with Crippen LogP contribution in [-0.2, 0) is 6.42 Å². The van der Waals surface area contributed by atoms with Crippen molar-refractivity contribution in [2.24, 2.45) is 0 Å². The number of carbonyl (C=O) groups is 1. The summed E-state index contributed by atoms with van der Waals surface area (Å²) in [6.07, 6.45) is 1.31. The number of rotatable bonds is 3. The van der Waals surface area contributed by atoms with Crippen LogP contribution in [0.2, 0.25) is 0 Å². The number of fused-ring (bicyclic) bond motifs is 1. The maximum atomic E-state index is 10.9. The molecule has 0 saturated carbocycles. The first-order chi connectivity index (χ1) is 9.26. The molecule has 0 atom stereocenters. The van der Waals surface area contributed by atoms with Crippen molar-refractivity contribution < 1.29 is 9.90 Å². The van der Waals surface area contributed by atoms with E-state index in [0.29, 0.717) is 23.6 Å². The molecule has 2 aromatic heterocycles. The molecule has 94 valence electrons. The Morgan fingerprint density at radius 1 is 1.16 bits per heavy atom. The summed E-state index contributed by atoms with van der Waals surface area (Å²) in [6.45, 7) is 0. The highest BCUT2D eigenvalue weighted by molar-refractivity contribution is 5.73. The molecule has 0 radical (unpaired) electrons. The molecule has 0 aliphatic rings. The second-order valence-electron chi connectivity index (χ2n) is 4.21. The van der Waals surface area contributed by atoms with Crippen LogP contribution in [0.5, 0.6) is 5.75 Å². The van der Waals surface area contributed by atoms with E-state index in [9.17, 15) is 9.90 Å². The molecule has 2 heterocycles. The van der Waals surface area contributed by atoms with E-state index in [1.807, 2.05) is 12.1 Å². The summed E-state index contributed by atoms with van der Waals surface area (Å²) in [4.78, 5) is 15.3. The number of phenolic OH excluding ortho intramolecular Hbond substituents is 1. The first-order valence-corrected chi connectivity index (χ1v) is 5.84. The minimum atomic E-state index is 0.231. The van der Waals surface area contributed by atoms with Crippen molar-refractivity contribution >= 4 is 11.9 Å². The van der Waals surface area contributed by atoms with Crippen LogP contribution < -0.4 is 0 Å². The van der Waals surface area contributed by atoms with Crippen molar-refractivity contribution in [2.75, 3.05) is 0 Å². The minimum absolute atomic E-state index is 0.231. The number of hydrogen-bond donors (Lipinski definition) is 1. The maximum Gasteiger partial charge on any atom is 0.168 e. The molecule has 0 aliphatic carbocycles. The van der Waals surface area contributed by atoms with Gasteiger partial charge in [0.1, 0.15) is 11.4 Å². The molecule has 0 saturated heterocycles. The predicted octanol–water partition coefficient (Wildman–Crippen LogP) is 1.84. The Hall–Kier alpha value is -2.69. The molecule has 5 heteroatoms. The molecule has 3 rings (SSSR count). The van der Waals surface area contributed by atoms with Crippen molar-refractivity contribution in [2.45, 2.75) is 6.42 Å². The van der Waals surface area contributed by atoms with Gasteiger partial charge in [0.25, 0.3) is 0 Å². The lowest BCUT2D eigenvalue weighted by Crippen LogP contribution is -1.97. The molecule has 0 fully saturated rings. The summed E-state index contributed by atoms with van der Waals surface area (Å²) >= 11 is 0. The second-order valence-corrected chi connectivity index (χ2v) is 4.21. The third kappa shape index (κ3) is 2.18. The number of phenols is 1. The minimum Gasteiger partial charge on any atom is -0.508 e. The summed E-state index contributed by atoms with van der Waals surface area (Å²) in [7, 11) is 0. The molecule has 1 N–H and O–H groups in total. The van der Waals surface area contributed by atoms with E-state index in [4.69, 9.17) is 0 Å². The van der Waals surface area contributed by atoms with Crippen molar-refractivity contribution in [3.8, 4) is 5.75 Å². The van der Waals surface area contributed by atoms with Gasteiger partial charge in [-0.25, -0.2) is 9.50 Å². The summed E-state index contributed by atoms with van der Waals surface area (Å²) in [5.41, 5.74) is 2.13. The number of nitrogens with zero attached hydrogens (tertiary/aromatic N) is 3. The van der Waals surface area contributed by atoms with Gasteiger partial charge in [0.15, 0.2) is 17.8 Å². The fourth-order valence-corrected chi connectivity index (χ4v) is 1.93. The molecule has 0 spiro atoms. The van der Waals surface area contributed by atoms with Crippen molar-refractivity contribution in [3.63, 3.8) is 0 Å². The van der Waals surface area contributed by atoms with E-state index < -0.39 is 0 Å². The van der Waals surface area contributed by atoms with E-state index in [0.717, 1.165) is 11.8 Å². The topological polar surface area (TPSA) is 67.5 Å². The van der Waals surface area contributed by atoms with Gasteiger partial charge in [-0.05, 0) is 29.8 Å². The molecule has 19 heavy (non-hydrogen) atoms. The lowest BCUT2D eigenvalue weighted by atomic mass is 10.1. The van der Waals surface area contributed by atoms with E-state index in [1.165, 1.54) is 4.52 Å². The number of hydrogen-bond acceptors (Lipinski definition) is 4. The van der Waals surface area contributed by atoms with Gasteiger partial charge in [-0.15, -0.1) is 0 Å². The maximum absolute atomic E-state index is 10.9. The Balaban J connectivity index is 1.97. The number of benzene rings is 1. The SMILES string of the molecule is O=Cc1cccc2nc(Cc3ccc(O)cc3)nn12. The third-order valence-electron chi connectivity index (χ3n) is 2.85. The largest absolute Gasteiger partial charge is 0.508 e. The zero-order chi connectivity index (χ0) is 13.2. The molecule has 0 bridgehead atoms. The first-order valence-electron chi connectivity index (χ1n) is 5.84. The number of aromatic hydroxyl groups is 1. The molecular formula is C14H11N3O2. The Labute approximate surface area is 109 Å². The third-order valence-corrected chi connectivity index (χ3v) is 2.85. The average Bonchev–Trinajstić information content (AvgIpc) is 2.83. The zero-order valence-electron chi connectivity index (χ0n) is 10.0. The van der Waals surface area contributed by atoms with Gasteiger partial charge in [-0.2, -0.15) is 5.10 Å². The summed E-state index contributed by atoms with van der Waals surface area (Å²) < 4.78 is 1.53. The van der Waals surface area contributed by atoms with Gasteiger partial charge >= 0.3 is 0 Å². The lowest BCUT2D eigenvalue weighted by Gasteiger charge is -1.97. The van der Waals surface area contributed by atoms with Crippen molar-refractivity contribution in [1.29, 1.82) is 0 Å². The number of aldehydes is 1. The Morgan fingerprint density at radius 2 is 1.95 bits per heavy atom. The standard InChI is InChI=1S/C14H11N3O2/c18-9-11-2-1-3-14-15-13(16-17(11)14)8-10-4-6-12(19)7-5-10/h1-7,9,19H,8H2. The van der Waals surface area contributed by atoms with Gasteiger partial charge < -0.3 is 5.11 Å². The average molecular weight is 253 g/mol. The number of pyridine rings is 1. The van der Waals surface area contributed by atoms with Crippen LogP contribution in [0, 0.1) is 0 Å². The second kappa shape index (κ2) is 4.53. The van der Waals surface area contributed by atoms with E-state index in [2.05, 4.69) is 10.1 Å². The quantitative estimate of drug-likeness (QED) is 0.723. The molecule has 0 aliphatic heterocycles. The fraction of sp³-hybridized carbons (Fsp3) is 0.0714. The van der Waals surface area contributed by atoms with Crippen LogP contribution in [0.15, 0.2) is 42.5 Å². The van der Waals surface area contributed by atoms with Crippen LogP contribution in [0.1, 0.15) is 21.9 Å². The monoisotopic (exact) mass is 253 g/mol. The molecule has 0 unspecified atom stereocenters. The normalized spacial score (nSPS) is 10.7. The predicted molar refractivity (Wildman–Crippen MR) is 69.3 cm³/mol. The fourth-order valence-electron chi connectivity index (χ4n) is 1.93. The molecule has 0 amide bonds. The Bertz CT molecular complexity index is 732. The van der Waals surface area contributed by atoms with Crippen molar-refractivity contribution in [3.05, 3.63) is 59.5 Å². The number of aromatic nitrogens is 3. The van der Waals surface area contributed by atoms with Gasteiger partial charge in [0.2, 0.25) is 0 Å². The van der Waals surface area contributed by atoms with E-state index in [-0.39, 0.29) is 5.75 Å². The molecule has 1 aromatic carbocycles. The van der Waals surface area contributed by atoms with Gasteiger partial charge in [-0.1, -0.05) is 18.2 Å².